The van der Waals surface area contributed by atoms with Crippen LogP contribution in [0, 0.1) is 0 Å². The van der Waals surface area contributed by atoms with Crippen LogP contribution in [0.4, 0.5) is 0 Å². The monoisotopic (exact) mass is 341 g/mol. The van der Waals surface area contributed by atoms with Crippen LogP contribution in [-0.4, -0.2) is 45.5 Å². The predicted molar refractivity (Wildman–Crippen MR) is 92.8 cm³/mol. The smallest absolute Gasteiger partial charge is 0.325 e. The van der Waals surface area contributed by atoms with E-state index in [-0.39, 0.29) is 6.54 Å². The summed E-state index contributed by atoms with van der Waals surface area (Å²) in [7, 11) is 0. The van der Waals surface area contributed by atoms with Gasteiger partial charge in [-0.1, -0.05) is 12.1 Å². The molecular weight excluding hydrogens is 318 g/mol. The van der Waals surface area contributed by atoms with E-state index in [9.17, 15) is 4.79 Å². The number of carboxylic acids is 1. The van der Waals surface area contributed by atoms with Gasteiger partial charge in [0, 0.05) is 31.6 Å². The largest absolute Gasteiger partial charge is 0.493 e. The van der Waals surface area contributed by atoms with E-state index in [0.717, 1.165) is 56.9 Å². The molecule has 25 heavy (non-hydrogen) atoms. The van der Waals surface area contributed by atoms with Gasteiger partial charge in [-0.15, -0.1) is 0 Å². The van der Waals surface area contributed by atoms with Crippen molar-refractivity contribution in [2.75, 3.05) is 19.7 Å². The molecule has 2 aliphatic rings. The lowest BCUT2D eigenvalue weighted by Crippen LogP contribution is -2.34. The van der Waals surface area contributed by atoms with Crippen molar-refractivity contribution < 1.29 is 14.6 Å². The third kappa shape index (κ3) is 3.69. The Labute approximate surface area is 147 Å². The molecule has 1 aromatic carbocycles. The van der Waals surface area contributed by atoms with Crippen molar-refractivity contribution in [1.82, 2.24) is 14.7 Å². The maximum Gasteiger partial charge on any atom is 0.325 e. The third-order valence-electron chi connectivity index (χ3n) is 5.04. The molecule has 1 saturated heterocycles. The summed E-state index contributed by atoms with van der Waals surface area (Å²) < 4.78 is 7.09. The van der Waals surface area contributed by atoms with Crippen molar-refractivity contribution in [1.29, 1.82) is 0 Å². The van der Waals surface area contributed by atoms with Crippen LogP contribution in [0.5, 0.6) is 5.75 Å². The Kier molecular flexibility index (Phi) is 4.44. The second kappa shape index (κ2) is 6.88. The highest BCUT2D eigenvalue weighted by Gasteiger charge is 2.24. The van der Waals surface area contributed by atoms with E-state index in [1.54, 1.807) is 6.20 Å². The summed E-state index contributed by atoms with van der Waals surface area (Å²) in [4.78, 5) is 13.3. The van der Waals surface area contributed by atoms with Gasteiger partial charge in [0.2, 0.25) is 0 Å². The van der Waals surface area contributed by atoms with Crippen LogP contribution in [-0.2, 0) is 24.3 Å². The number of aliphatic carboxylic acids is 1. The SMILES string of the molecule is O=C(O)Cn1ccc([C@@H]2CCCN(Cc3ccc4c(c3)CCO4)C2)n1. The minimum atomic E-state index is -0.861. The van der Waals surface area contributed by atoms with Crippen LogP contribution in [0.3, 0.4) is 0 Å². The van der Waals surface area contributed by atoms with Crippen molar-refractivity contribution in [2.45, 2.75) is 38.3 Å². The molecule has 1 aromatic heterocycles. The lowest BCUT2D eigenvalue weighted by Gasteiger charge is -2.32. The van der Waals surface area contributed by atoms with E-state index in [2.05, 4.69) is 28.2 Å². The summed E-state index contributed by atoms with van der Waals surface area (Å²) in [6, 6.07) is 8.49. The summed E-state index contributed by atoms with van der Waals surface area (Å²) in [5.41, 5.74) is 3.66. The first kappa shape index (κ1) is 16.1. The molecule has 0 unspecified atom stereocenters. The predicted octanol–water partition coefficient (Wildman–Crippen LogP) is 2.28. The van der Waals surface area contributed by atoms with Crippen molar-refractivity contribution in [3.8, 4) is 5.75 Å². The number of carbonyl (C=O) groups is 1. The Bertz CT molecular complexity index is 771. The van der Waals surface area contributed by atoms with Gasteiger partial charge in [-0.25, -0.2) is 0 Å². The minimum absolute atomic E-state index is 0.0758. The summed E-state index contributed by atoms with van der Waals surface area (Å²) >= 11 is 0. The first-order valence-electron chi connectivity index (χ1n) is 8.89. The molecule has 6 heteroatoms. The highest BCUT2D eigenvalue weighted by molar-refractivity contribution is 5.66. The van der Waals surface area contributed by atoms with Gasteiger partial charge < -0.3 is 9.84 Å². The number of hydrogen-bond donors (Lipinski definition) is 1. The van der Waals surface area contributed by atoms with Crippen LogP contribution in [0.1, 0.15) is 35.6 Å². The number of carboxylic acid groups (broad SMARTS) is 1. The molecular formula is C19H23N3O3. The second-order valence-corrected chi connectivity index (χ2v) is 6.95. The van der Waals surface area contributed by atoms with E-state index in [1.165, 1.54) is 15.8 Å². The number of nitrogens with zero attached hydrogens (tertiary/aromatic N) is 3. The number of benzene rings is 1. The molecule has 1 atom stereocenters. The number of piperidine rings is 1. The molecule has 6 nitrogen and oxygen atoms in total. The molecule has 0 bridgehead atoms. The minimum Gasteiger partial charge on any atom is -0.493 e. The van der Waals surface area contributed by atoms with Gasteiger partial charge in [0.1, 0.15) is 12.3 Å². The molecule has 1 N–H and O–H groups in total. The Hall–Kier alpha value is -2.34. The van der Waals surface area contributed by atoms with E-state index < -0.39 is 5.97 Å². The molecule has 2 aliphatic heterocycles. The van der Waals surface area contributed by atoms with Gasteiger partial charge in [-0.3, -0.25) is 14.4 Å². The summed E-state index contributed by atoms with van der Waals surface area (Å²) in [5.74, 6) is 0.548. The maximum atomic E-state index is 10.8. The molecule has 0 radical (unpaired) electrons. The van der Waals surface area contributed by atoms with Gasteiger partial charge in [-0.2, -0.15) is 5.10 Å². The molecule has 0 spiro atoms. The van der Waals surface area contributed by atoms with Crippen molar-refractivity contribution in [2.24, 2.45) is 0 Å². The molecule has 3 heterocycles. The molecule has 1 fully saturated rings. The standard InChI is InChI=1S/C19H23N3O3/c23-19(24)13-22-8-5-17(20-22)16-2-1-7-21(12-16)11-14-3-4-18-15(10-14)6-9-25-18/h3-5,8,10,16H,1-2,6-7,9,11-13H2,(H,23,24)/t16-/m1/s1. The van der Waals surface area contributed by atoms with Gasteiger partial charge in [-0.05, 0) is 42.6 Å². The van der Waals surface area contributed by atoms with Gasteiger partial charge in [0.15, 0.2) is 0 Å². The third-order valence-corrected chi connectivity index (χ3v) is 5.04. The maximum absolute atomic E-state index is 10.8. The van der Waals surface area contributed by atoms with Crippen molar-refractivity contribution in [3.05, 3.63) is 47.3 Å². The number of aromatic nitrogens is 2. The zero-order valence-electron chi connectivity index (χ0n) is 14.2. The van der Waals surface area contributed by atoms with Gasteiger partial charge in [0.05, 0.1) is 12.3 Å². The number of hydrogen-bond acceptors (Lipinski definition) is 4. The average Bonchev–Trinajstić information content (AvgIpc) is 3.23. The number of rotatable bonds is 5. The van der Waals surface area contributed by atoms with Gasteiger partial charge >= 0.3 is 5.97 Å². The van der Waals surface area contributed by atoms with E-state index in [4.69, 9.17) is 9.84 Å². The lowest BCUT2D eigenvalue weighted by atomic mass is 9.94. The van der Waals surface area contributed by atoms with Crippen LogP contribution in [0.15, 0.2) is 30.5 Å². The zero-order valence-corrected chi connectivity index (χ0v) is 14.2. The number of fused-ring (bicyclic) bond motifs is 1. The quantitative estimate of drug-likeness (QED) is 0.904. The average molecular weight is 341 g/mol. The Morgan fingerprint density at radius 1 is 1.36 bits per heavy atom. The summed E-state index contributed by atoms with van der Waals surface area (Å²) in [6.45, 7) is 3.73. The van der Waals surface area contributed by atoms with Crippen LogP contribution >= 0.6 is 0 Å². The first-order valence-corrected chi connectivity index (χ1v) is 8.89. The zero-order chi connectivity index (χ0) is 17.2. The van der Waals surface area contributed by atoms with Crippen molar-refractivity contribution in [3.63, 3.8) is 0 Å². The number of likely N-dealkylation sites (tertiary alicyclic amines) is 1. The van der Waals surface area contributed by atoms with E-state index in [0.29, 0.717) is 5.92 Å². The van der Waals surface area contributed by atoms with E-state index >= 15 is 0 Å². The highest BCUT2D eigenvalue weighted by atomic mass is 16.5. The van der Waals surface area contributed by atoms with Gasteiger partial charge in [0.25, 0.3) is 0 Å². The molecule has 0 saturated carbocycles. The fraction of sp³-hybridized carbons (Fsp3) is 0.474. The molecule has 0 amide bonds. The Morgan fingerprint density at radius 3 is 3.16 bits per heavy atom. The number of ether oxygens (including phenoxy) is 1. The second-order valence-electron chi connectivity index (χ2n) is 6.95. The van der Waals surface area contributed by atoms with Crippen LogP contribution < -0.4 is 4.74 Å². The highest BCUT2D eigenvalue weighted by Crippen LogP contribution is 2.29. The van der Waals surface area contributed by atoms with Crippen molar-refractivity contribution >= 4 is 5.97 Å². The Morgan fingerprint density at radius 2 is 2.28 bits per heavy atom. The summed E-state index contributed by atoms with van der Waals surface area (Å²) in [5, 5.41) is 13.3. The fourth-order valence-corrected chi connectivity index (χ4v) is 3.86. The fourth-order valence-electron chi connectivity index (χ4n) is 3.86. The molecule has 132 valence electrons. The van der Waals surface area contributed by atoms with Crippen LogP contribution in [0.25, 0.3) is 0 Å². The topological polar surface area (TPSA) is 67.6 Å². The molecule has 0 aliphatic carbocycles. The van der Waals surface area contributed by atoms with Crippen LogP contribution in [0.2, 0.25) is 0 Å². The molecule has 2 aromatic rings. The first-order chi connectivity index (χ1) is 12.2. The normalized spacial score (nSPS) is 20.2. The Balaban J connectivity index is 1.40. The molecule has 4 rings (SSSR count). The lowest BCUT2D eigenvalue weighted by molar-refractivity contribution is -0.137. The summed E-state index contributed by atoms with van der Waals surface area (Å²) in [6.07, 6.45) is 5.03. The van der Waals surface area contributed by atoms with E-state index in [1.807, 2.05) is 6.07 Å².